The minimum Gasteiger partial charge on any atom is -0.368 e. The Morgan fingerprint density at radius 2 is 1.22 bits per heavy atom. The van der Waals surface area contributed by atoms with Crippen molar-refractivity contribution in [3.63, 3.8) is 0 Å². The van der Waals surface area contributed by atoms with Crippen molar-refractivity contribution in [1.29, 1.82) is 0 Å². The van der Waals surface area contributed by atoms with Crippen molar-refractivity contribution in [2.45, 2.75) is 52.4 Å². The topological polar surface area (TPSA) is 40.6 Å². The van der Waals surface area contributed by atoms with Gasteiger partial charge in [-0.15, -0.1) is 0 Å². The molecular weight excluding hydrogens is 498 g/mol. The number of carbonyl (C=O) groups excluding carboxylic acids is 2. The van der Waals surface area contributed by atoms with Crippen molar-refractivity contribution in [3.05, 3.63) is 64.7 Å². The maximum atomic E-state index is 13.1. The Balaban J connectivity index is 1.60. The Labute approximate surface area is 212 Å². The van der Waals surface area contributed by atoms with E-state index in [9.17, 15) is 35.9 Å². The van der Waals surface area contributed by atoms with Gasteiger partial charge in [0.1, 0.15) is 5.78 Å². The molecule has 3 rings (SSSR count). The van der Waals surface area contributed by atoms with E-state index in [-0.39, 0.29) is 29.4 Å². The van der Waals surface area contributed by atoms with Crippen LogP contribution in [-0.2, 0) is 34.8 Å². The van der Waals surface area contributed by atoms with Crippen molar-refractivity contribution < 1.29 is 35.9 Å². The Hall–Kier alpha value is -3.04. The van der Waals surface area contributed by atoms with Gasteiger partial charge in [0.05, 0.1) is 11.1 Å². The number of hydrogen-bond acceptors (Lipinski definition) is 3. The van der Waals surface area contributed by atoms with Gasteiger partial charge >= 0.3 is 12.4 Å². The second kappa shape index (κ2) is 10.8. The lowest BCUT2D eigenvalue weighted by atomic mass is 9.91. The van der Waals surface area contributed by atoms with E-state index in [1.54, 1.807) is 12.1 Å². The highest BCUT2D eigenvalue weighted by Crippen LogP contribution is 2.36. The molecule has 4 nitrogen and oxygen atoms in total. The summed E-state index contributed by atoms with van der Waals surface area (Å²) in [6.45, 7) is 8.58. The molecule has 0 saturated carbocycles. The molecule has 0 radical (unpaired) electrons. The van der Waals surface area contributed by atoms with Crippen LogP contribution in [-0.4, -0.2) is 42.8 Å². The van der Waals surface area contributed by atoms with Gasteiger partial charge in [-0.2, -0.15) is 26.3 Å². The monoisotopic (exact) mass is 528 g/mol. The molecule has 0 aromatic heterocycles. The fourth-order valence-electron chi connectivity index (χ4n) is 4.24. The number of nitrogens with zero attached hydrogens (tertiary/aromatic N) is 2. The van der Waals surface area contributed by atoms with E-state index >= 15 is 0 Å². The first-order chi connectivity index (χ1) is 17.0. The third-order valence-electron chi connectivity index (χ3n) is 6.07. The number of piperazine rings is 1. The van der Waals surface area contributed by atoms with E-state index in [4.69, 9.17) is 0 Å². The zero-order chi connectivity index (χ0) is 27.6. The van der Waals surface area contributed by atoms with Crippen molar-refractivity contribution in [3.8, 4) is 0 Å². The van der Waals surface area contributed by atoms with Crippen LogP contribution in [0.2, 0.25) is 0 Å². The zero-order valence-corrected chi connectivity index (χ0v) is 21.0. The lowest BCUT2D eigenvalue weighted by Gasteiger charge is -2.37. The average Bonchev–Trinajstić information content (AvgIpc) is 2.77. The number of amides is 1. The van der Waals surface area contributed by atoms with Gasteiger partial charge in [0.25, 0.3) is 0 Å². The smallest absolute Gasteiger partial charge is 0.368 e. The summed E-state index contributed by atoms with van der Waals surface area (Å²) < 4.78 is 78.4. The Kier molecular flexibility index (Phi) is 8.29. The number of benzene rings is 2. The van der Waals surface area contributed by atoms with Crippen molar-refractivity contribution in [1.82, 2.24) is 4.90 Å². The summed E-state index contributed by atoms with van der Waals surface area (Å²) in [7, 11) is 0. The number of rotatable bonds is 6. The second-order valence-corrected chi connectivity index (χ2v) is 10.6. The van der Waals surface area contributed by atoms with Gasteiger partial charge < -0.3 is 9.80 Å². The molecule has 202 valence electrons. The first-order valence-corrected chi connectivity index (χ1v) is 11.9. The van der Waals surface area contributed by atoms with Crippen molar-refractivity contribution in [2.75, 3.05) is 31.1 Å². The highest BCUT2D eigenvalue weighted by atomic mass is 19.4. The third kappa shape index (κ3) is 8.23. The minimum atomic E-state index is -4.96. The van der Waals surface area contributed by atoms with Gasteiger partial charge in [-0.1, -0.05) is 32.9 Å². The number of Topliss-reactive ketones (excluding diaryl/α,β-unsaturated/α-hetero) is 1. The number of halogens is 6. The molecule has 0 spiro atoms. The van der Waals surface area contributed by atoms with Crippen LogP contribution in [0, 0.1) is 5.41 Å². The molecule has 1 aliphatic rings. The number of alkyl halides is 6. The standard InChI is InChI=1S/C27H30F6N2O2/c1-25(2,3)17-24(37)35-10-8-34(9-11-35)22-6-4-18(5-7-22)14-23(36)15-19-12-20(26(28,29)30)16-21(13-19)27(31,32)33/h4-7,12-13,16H,8-11,14-15,17H2,1-3H3. The fraction of sp³-hybridized carbons (Fsp3) is 0.481. The summed E-state index contributed by atoms with van der Waals surface area (Å²) in [6.07, 6.45) is -10.1. The molecule has 0 N–H and O–H groups in total. The third-order valence-corrected chi connectivity index (χ3v) is 6.07. The van der Waals surface area contributed by atoms with Crippen LogP contribution in [0.25, 0.3) is 0 Å². The van der Waals surface area contributed by atoms with Crippen LogP contribution >= 0.6 is 0 Å². The first kappa shape index (κ1) is 28.5. The van der Waals surface area contributed by atoms with E-state index in [0.29, 0.717) is 50.3 Å². The highest BCUT2D eigenvalue weighted by Gasteiger charge is 2.37. The largest absolute Gasteiger partial charge is 0.416 e. The summed E-state index contributed by atoms with van der Waals surface area (Å²) in [5.74, 6) is -0.365. The summed E-state index contributed by atoms with van der Waals surface area (Å²) in [6, 6.07) is 8.30. The first-order valence-electron chi connectivity index (χ1n) is 11.9. The van der Waals surface area contributed by atoms with Crippen LogP contribution in [0.4, 0.5) is 32.0 Å². The van der Waals surface area contributed by atoms with Crippen molar-refractivity contribution >= 4 is 17.4 Å². The predicted molar refractivity (Wildman–Crippen MR) is 128 cm³/mol. The summed E-state index contributed by atoms with van der Waals surface area (Å²) in [5, 5.41) is 0. The van der Waals surface area contributed by atoms with Crippen molar-refractivity contribution in [2.24, 2.45) is 5.41 Å². The number of anilines is 1. The molecule has 10 heteroatoms. The molecule has 1 aliphatic heterocycles. The Morgan fingerprint density at radius 1 is 0.730 bits per heavy atom. The summed E-state index contributed by atoms with van der Waals surface area (Å²) >= 11 is 0. The van der Waals surface area contributed by atoms with Crippen LogP contribution in [0.3, 0.4) is 0 Å². The SMILES string of the molecule is CC(C)(C)CC(=O)N1CCN(c2ccc(CC(=O)Cc3cc(C(F)(F)F)cc(C(F)(F)F)c3)cc2)CC1. The maximum Gasteiger partial charge on any atom is 0.416 e. The molecule has 1 saturated heterocycles. The summed E-state index contributed by atoms with van der Waals surface area (Å²) in [4.78, 5) is 28.9. The predicted octanol–water partition coefficient (Wildman–Crippen LogP) is 6.16. The molecule has 0 unspecified atom stereocenters. The lowest BCUT2D eigenvalue weighted by Crippen LogP contribution is -2.49. The van der Waals surface area contributed by atoms with Gasteiger partial charge in [-0.05, 0) is 46.9 Å². The molecule has 1 amide bonds. The molecular formula is C27H30F6N2O2. The summed E-state index contributed by atoms with van der Waals surface area (Å²) in [5.41, 5.74) is -1.77. The average molecular weight is 529 g/mol. The molecule has 1 heterocycles. The second-order valence-electron chi connectivity index (χ2n) is 10.6. The molecule has 2 aromatic rings. The van der Waals surface area contributed by atoms with E-state index in [2.05, 4.69) is 4.90 Å². The zero-order valence-electron chi connectivity index (χ0n) is 21.0. The van der Waals surface area contributed by atoms with E-state index in [1.165, 1.54) is 0 Å². The lowest BCUT2D eigenvalue weighted by molar-refractivity contribution is -0.143. The molecule has 2 aromatic carbocycles. The van der Waals surface area contributed by atoms with E-state index in [0.717, 1.165) is 5.69 Å². The number of ketones is 1. The van der Waals surface area contributed by atoms with Crippen LogP contribution in [0.1, 0.15) is 49.4 Å². The van der Waals surface area contributed by atoms with E-state index < -0.39 is 35.7 Å². The maximum absolute atomic E-state index is 13.1. The molecule has 1 fully saturated rings. The number of hydrogen-bond donors (Lipinski definition) is 0. The van der Waals surface area contributed by atoms with Crippen LogP contribution in [0.5, 0.6) is 0 Å². The minimum absolute atomic E-state index is 0.0486. The van der Waals surface area contributed by atoms with E-state index in [1.807, 2.05) is 37.8 Å². The van der Waals surface area contributed by atoms with Gasteiger partial charge in [0, 0.05) is 51.1 Å². The fourth-order valence-corrected chi connectivity index (χ4v) is 4.24. The van der Waals surface area contributed by atoms with Crippen LogP contribution < -0.4 is 4.90 Å². The highest BCUT2D eigenvalue weighted by molar-refractivity contribution is 5.83. The number of carbonyl (C=O) groups is 2. The normalized spacial score (nSPS) is 15.2. The Morgan fingerprint density at radius 3 is 1.68 bits per heavy atom. The Bertz CT molecular complexity index is 1080. The van der Waals surface area contributed by atoms with Gasteiger partial charge in [-0.25, -0.2) is 0 Å². The quantitative estimate of drug-likeness (QED) is 0.422. The molecule has 37 heavy (non-hydrogen) atoms. The molecule has 0 atom stereocenters. The molecule has 0 aliphatic carbocycles. The van der Waals surface area contributed by atoms with Gasteiger partial charge in [0.2, 0.25) is 5.91 Å². The van der Waals surface area contributed by atoms with Crippen LogP contribution in [0.15, 0.2) is 42.5 Å². The van der Waals surface area contributed by atoms with Gasteiger partial charge in [-0.3, -0.25) is 9.59 Å². The van der Waals surface area contributed by atoms with Gasteiger partial charge in [0.15, 0.2) is 0 Å². The molecule has 0 bridgehead atoms.